The maximum atomic E-state index is 11.9. The highest BCUT2D eigenvalue weighted by atomic mass is 32.2. The topological polar surface area (TPSA) is 43.1 Å². The molecule has 1 aliphatic rings. The fourth-order valence-electron chi connectivity index (χ4n) is 1.97. The molecule has 0 amide bonds. The molecule has 0 spiro atoms. The maximum absolute atomic E-state index is 11.9. The maximum Gasteiger partial charge on any atom is 0.0507 e. The fraction of sp³-hybridized carbons (Fsp3) is 1.00. The normalized spacial score (nSPS) is 35.2. The molecule has 0 aromatic rings. The summed E-state index contributed by atoms with van der Waals surface area (Å²) in [5.41, 5.74) is 6.28. The summed E-state index contributed by atoms with van der Waals surface area (Å²) in [6.45, 7) is 8.37. The molecule has 0 saturated heterocycles. The summed E-state index contributed by atoms with van der Waals surface area (Å²) in [6, 6.07) is 0.107. The van der Waals surface area contributed by atoms with E-state index >= 15 is 0 Å². The molecule has 3 atom stereocenters. The molecule has 1 saturated carbocycles. The van der Waals surface area contributed by atoms with Gasteiger partial charge >= 0.3 is 0 Å². The van der Waals surface area contributed by atoms with Gasteiger partial charge in [-0.25, -0.2) is 0 Å². The van der Waals surface area contributed by atoms with Crippen LogP contribution < -0.4 is 5.73 Å². The van der Waals surface area contributed by atoms with E-state index in [0.29, 0.717) is 0 Å². The lowest BCUT2D eigenvalue weighted by atomic mass is 9.88. The molecular weight excluding hydrogens is 182 g/mol. The van der Waals surface area contributed by atoms with Crippen molar-refractivity contribution in [2.24, 2.45) is 11.1 Å². The van der Waals surface area contributed by atoms with Crippen LogP contribution in [0.25, 0.3) is 0 Å². The third-order valence-corrected chi connectivity index (χ3v) is 5.19. The van der Waals surface area contributed by atoms with Gasteiger partial charge < -0.3 is 5.73 Å². The number of hydrogen-bond acceptors (Lipinski definition) is 2. The van der Waals surface area contributed by atoms with Crippen molar-refractivity contribution >= 4 is 10.8 Å². The van der Waals surface area contributed by atoms with Gasteiger partial charge in [-0.3, -0.25) is 4.21 Å². The molecule has 0 radical (unpaired) electrons. The van der Waals surface area contributed by atoms with Crippen LogP contribution in [0, 0.1) is 5.41 Å². The molecule has 1 aliphatic carbocycles. The van der Waals surface area contributed by atoms with E-state index in [-0.39, 0.29) is 22.0 Å². The second-order valence-electron chi connectivity index (χ2n) is 4.97. The van der Waals surface area contributed by atoms with E-state index < -0.39 is 10.8 Å². The van der Waals surface area contributed by atoms with E-state index in [0.717, 1.165) is 12.8 Å². The first kappa shape index (κ1) is 11.2. The molecule has 78 valence electrons. The molecule has 2 nitrogen and oxygen atoms in total. The summed E-state index contributed by atoms with van der Waals surface area (Å²) < 4.78 is 11.9. The number of hydrogen-bond donors (Lipinski definition) is 1. The molecule has 0 heterocycles. The third-order valence-electron chi connectivity index (χ3n) is 3.14. The predicted molar refractivity (Wildman–Crippen MR) is 58.1 cm³/mol. The first-order valence-electron chi connectivity index (χ1n) is 5.01. The van der Waals surface area contributed by atoms with Crippen LogP contribution in [0.5, 0.6) is 0 Å². The lowest BCUT2D eigenvalue weighted by molar-refractivity contribution is 0.333. The zero-order valence-corrected chi connectivity index (χ0v) is 9.86. The molecular formula is C10H21NOS. The molecule has 0 aromatic heterocycles. The number of rotatable bonds is 2. The Bertz CT molecular complexity index is 213. The van der Waals surface area contributed by atoms with Crippen LogP contribution in [0.4, 0.5) is 0 Å². The van der Waals surface area contributed by atoms with Crippen molar-refractivity contribution in [3.05, 3.63) is 0 Å². The molecule has 1 rings (SSSR count). The van der Waals surface area contributed by atoms with Crippen molar-refractivity contribution in [1.29, 1.82) is 0 Å². The van der Waals surface area contributed by atoms with Crippen molar-refractivity contribution in [1.82, 2.24) is 0 Å². The van der Waals surface area contributed by atoms with Crippen LogP contribution in [0.1, 0.15) is 40.5 Å². The zero-order valence-electron chi connectivity index (χ0n) is 9.04. The first-order valence-corrected chi connectivity index (χ1v) is 6.29. The molecule has 0 aliphatic heterocycles. The van der Waals surface area contributed by atoms with Gasteiger partial charge in [0.1, 0.15) is 0 Å². The van der Waals surface area contributed by atoms with Crippen LogP contribution in [0.3, 0.4) is 0 Å². The lowest BCUT2D eigenvalue weighted by Gasteiger charge is -2.27. The Kier molecular flexibility index (Phi) is 3.18. The van der Waals surface area contributed by atoms with E-state index in [1.54, 1.807) is 0 Å². The minimum atomic E-state index is -0.749. The van der Waals surface area contributed by atoms with Crippen molar-refractivity contribution in [3.8, 4) is 0 Å². The van der Waals surface area contributed by atoms with Gasteiger partial charge in [0, 0.05) is 22.1 Å². The predicted octanol–water partition coefficient (Wildman–Crippen LogP) is 1.66. The van der Waals surface area contributed by atoms with Crippen molar-refractivity contribution in [2.75, 3.05) is 0 Å². The highest BCUT2D eigenvalue weighted by Crippen LogP contribution is 2.39. The monoisotopic (exact) mass is 203 g/mol. The molecule has 2 N–H and O–H groups in total. The van der Waals surface area contributed by atoms with E-state index in [1.807, 2.05) is 13.8 Å². The average Bonchev–Trinajstić information content (AvgIpc) is 2.27. The summed E-state index contributed by atoms with van der Waals surface area (Å²) in [5, 5.41) is 0.458. The van der Waals surface area contributed by atoms with Gasteiger partial charge in [0.05, 0.1) is 5.25 Å². The summed E-state index contributed by atoms with van der Waals surface area (Å²) >= 11 is 0. The van der Waals surface area contributed by atoms with E-state index in [2.05, 4.69) is 13.8 Å². The Labute approximate surface area is 83.7 Å². The van der Waals surface area contributed by atoms with E-state index in [4.69, 9.17) is 5.73 Å². The largest absolute Gasteiger partial charge is 0.326 e. The van der Waals surface area contributed by atoms with Crippen LogP contribution in [0.15, 0.2) is 0 Å². The average molecular weight is 203 g/mol. The van der Waals surface area contributed by atoms with Crippen molar-refractivity contribution in [3.63, 3.8) is 0 Å². The summed E-state index contributed by atoms with van der Waals surface area (Å²) in [6.07, 6.45) is 2.14. The first-order chi connectivity index (χ1) is 5.86. The quantitative estimate of drug-likeness (QED) is 0.741. The summed E-state index contributed by atoms with van der Waals surface area (Å²) in [4.78, 5) is 0. The van der Waals surface area contributed by atoms with E-state index in [1.165, 1.54) is 0 Å². The second kappa shape index (κ2) is 3.70. The molecule has 3 unspecified atom stereocenters. The third kappa shape index (κ3) is 2.13. The van der Waals surface area contributed by atoms with Gasteiger partial charge in [-0.05, 0) is 18.3 Å². The standard InChI is InChI=1S/C10H21NOS/c1-7(2)13(12)8-5-6-10(3,4)9(8)11/h7-9H,5-6,11H2,1-4H3. The van der Waals surface area contributed by atoms with Gasteiger partial charge in [0.15, 0.2) is 0 Å². The Morgan fingerprint density at radius 1 is 1.46 bits per heavy atom. The Morgan fingerprint density at radius 2 is 2.00 bits per heavy atom. The zero-order chi connectivity index (χ0) is 10.2. The SMILES string of the molecule is CC(C)S(=O)C1CCC(C)(C)C1N. The van der Waals surface area contributed by atoms with Crippen LogP contribution in [-0.2, 0) is 10.8 Å². The van der Waals surface area contributed by atoms with Gasteiger partial charge in [-0.1, -0.05) is 27.7 Å². The lowest BCUT2D eigenvalue weighted by Crippen LogP contribution is -2.43. The highest BCUT2D eigenvalue weighted by molar-refractivity contribution is 7.86. The van der Waals surface area contributed by atoms with E-state index in [9.17, 15) is 4.21 Å². The highest BCUT2D eigenvalue weighted by Gasteiger charge is 2.42. The van der Waals surface area contributed by atoms with Crippen LogP contribution >= 0.6 is 0 Å². The van der Waals surface area contributed by atoms with Crippen LogP contribution in [0.2, 0.25) is 0 Å². The van der Waals surface area contributed by atoms with Gasteiger partial charge in [-0.15, -0.1) is 0 Å². The minimum Gasteiger partial charge on any atom is -0.326 e. The molecule has 13 heavy (non-hydrogen) atoms. The van der Waals surface area contributed by atoms with Gasteiger partial charge in [0.25, 0.3) is 0 Å². The van der Waals surface area contributed by atoms with Crippen molar-refractivity contribution in [2.45, 2.75) is 57.1 Å². The number of nitrogens with two attached hydrogens (primary N) is 1. The Hall–Kier alpha value is 0.110. The molecule has 0 aromatic carbocycles. The molecule has 0 bridgehead atoms. The summed E-state index contributed by atoms with van der Waals surface area (Å²) in [5.74, 6) is 0. The van der Waals surface area contributed by atoms with Crippen LogP contribution in [-0.4, -0.2) is 20.8 Å². The minimum absolute atomic E-state index is 0.107. The summed E-state index contributed by atoms with van der Waals surface area (Å²) in [7, 11) is -0.749. The van der Waals surface area contributed by atoms with Gasteiger partial charge in [-0.2, -0.15) is 0 Å². The fourth-order valence-corrected chi connectivity index (χ4v) is 3.68. The smallest absolute Gasteiger partial charge is 0.0507 e. The Morgan fingerprint density at radius 3 is 2.31 bits per heavy atom. The molecule has 1 fully saturated rings. The molecule has 3 heteroatoms. The second-order valence-corrected chi connectivity index (χ2v) is 7.17. The van der Waals surface area contributed by atoms with Gasteiger partial charge in [0.2, 0.25) is 0 Å². The Balaban J connectivity index is 2.71. The van der Waals surface area contributed by atoms with Crippen molar-refractivity contribution < 1.29 is 4.21 Å².